The van der Waals surface area contributed by atoms with Gasteiger partial charge in [-0.2, -0.15) is 0 Å². The molecule has 0 aromatic carbocycles. The summed E-state index contributed by atoms with van der Waals surface area (Å²) in [5.41, 5.74) is 0. The monoisotopic (exact) mass is 185 g/mol. The summed E-state index contributed by atoms with van der Waals surface area (Å²) < 4.78 is 0. The Morgan fingerprint density at radius 1 is 1.54 bits per heavy atom. The van der Waals surface area contributed by atoms with Gasteiger partial charge in [-0.25, -0.2) is 0 Å². The van der Waals surface area contributed by atoms with Crippen LogP contribution in [-0.2, 0) is 4.79 Å². The van der Waals surface area contributed by atoms with Gasteiger partial charge in [-0.3, -0.25) is 4.79 Å². The molecule has 0 saturated carbocycles. The van der Waals surface area contributed by atoms with Gasteiger partial charge in [0, 0.05) is 6.54 Å². The molecule has 0 spiro atoms. The molecule has 3 nitrogen and oxygen atoms in total. The van der Waals surface area contributed by atoms with Crippen molar-refractivity contribution in [2.24, 2.45) is 5.92 Å². The molecule has 0 fully saturated rings. The van der Waals surface area contributed by atoms with E-state index in [2.05, 4.69) is 5.32 Å². The molecule has 0 aliphatic heterocycles. The summed E-state index contributed by atoms with van der Waals surface area (Å²) in [5.74, 6) is -0.364. The van der Waals surface area contributed by atoms with E-state index in [-0.39, 0.29) is 0 Å². The summed E-state index contributed by atoms with van der Waals surface area (Å²) in [6, 6.07) is -0.420. The van der Waals surface area contributed by atoms with E-state index in [4.69, 9.17) is 5.11 Å². The van der Waals surface area contributed by atoms with Crippen molar-refractivity contribution in [1.29, 1.82) is 0 Å². The molecule has 1 unspecified atom stereocenters. The Morgan fingerprint density at radius 3 is 2.54 bits per heavy atom. The van der Waals surface area contributed by atoms with E-state index in [1.165, 1.54) is 0 Å². The predicted octanol–water partition coefficient (Wildman–Crippen LogP) is 1.65. The first kappa shape index (κ1) is 12.2. The number of carboxylic acids is 1. The lowest BCUT2D eigenvalue weighted by atomic mass is 10.0. The van der Waals surface area contributed by atoms with E-state index in [0.29, 0.717) is 18.9 Å². The van der Waals surface area contributed by atoms with Crippen LogP contribution in [0.25, 0.3) is 0 Å². The second kappa shape index (κ2) is 6.66. The minimum Gasteiger partial charge on any atom is -0.480 e. The van der Waals surface area contributed by atoms with Crippen LogP contribution in [0.1, 0.15) is 27.2 Å². The molecule has 1 atom stereocenters. The van der Waals surface area contributed by atoms with Crippen molar-refractivity contribution in [1.82, 2.24) is 5.32 Å². The topological polar surface area (TPSA) is 49.3 Å². The van der Waals surface area contributed by atoms with Crippen LogP contribution in [0.5, 0.6) is 0 Å². The Kier molecular flexibility index (Phi) is 6.24. The van der Waals surface area contributed by atoms with Gasteiger partial charge in [-0.15, -0.1) is 0 Å². The SMILES string of the molecule is CC=CCNC(CC(C)C)C(=O)O. The number of allylic oxidation sites excluding steroid dienone is 1. The largest absolute Gasteiger partial charge is 0.480 e. The Labute approximate surface area is 79.8 Å². The lowest BCUT2D eigenvalue weighted by Crippen LogP contribution is -2.37. The van der Waals surface area contributed by atoms with E-state index >= 15 is 0 Å². The van der Waals surface area contributed by atoms with Crippen LogP contribution in [0.15, 0.2) is 12.2 Å². The lowest BCUT2D eigenvalue weighted by molar-refractivity contribution is -0.139. The van der Waals surface area contributed by atoms with Crippen LogP contribution in [-0.4, -0.2) is 23.7 Å². The molecule has 0 bridgehead atoms. The number of hydrogen-bond acceptors (Lipinski definition) is 2. The number of hydrogen-bond donors (Lipinski definition) is 2. The highest BCUT2D eigenvalue weighted by Gasteiger charge is 2.16. The van der Waals surface area contributed by atoms with E-state index < -0.39 is 12.0 Å². The van der Waals surface area contributed by atoms with Crippen molar-refractivity contribution < 1.29 is 9.90 Å². The van der Waals surface area contributed by atoms with Crippen LogP contribution >= 0.6 is 0 Å². The second-order valence-electron chi connectivity index (χ2n) is 3.50. The molecule has 2 N–H and O–H groups in total. The van der Waals surface area contributed by atoms with Gasteiger partial charge in [0.05, 0.1) is 0 Å². The Morgan fingerprint density at radius 2 is 2.15 bits per heavy atom. The first-order valence-electron chi connectivity index (χ1n) is 4.65. The minimum atomic E-state index is -0.766. The van der Waals surface area contributed by atoms with Gasteiger partial charge in [0.15, 0.2) is 0 Å². The fraction of sp³-hybridized carbons (Fsp3) is 0.700. The fourth-order valence-electron chi connectivity index (χ4n) is 1.07. The zero-order valence-corrected chi connectivity index (χ0v) is 8.58. The van der Waals surface area contributed by atoms with Gasteiger partial charge in [0.25, 0.3) is 0 Å². The molecule has 0 rings (SSSR count). The Bertz CT molecular complexity index is 176. The third-order valence-corrected chi connectivity index (χ3v) is 1.72. The summed E-state index contributed by atoms with van der Waals surface area (Å²) in [5, 5.41) is 11.8. The minimum absolute atomic E-state index is 0.402. The van der Waals surface area contributed by atoms with Crippen molar-refractivity contribution in [2.45, 2.75) is 33.2 Å². The number of aliphatic carboxylic acids is 1. The number of nitrogens with one attached hydrogen (secondary N) is 1. The first-order chi connectivity index (χ1) is 6.07. The van der Waals surface area contributed by atoms with Crippen LogP contribution in [0.3, 0.4) is 0 Å². The van der Waals surface area contributed by atoms with Gasteiger partial charge in [0.1, 0.15) is 6.04 Å². The van der Waals surface area contributed by atoms with Crippen molar-refractivity contribution in [3.05, 3.63) is 12.2 Å². The van der Waals surface area contributed by atoms with Gasteiger partial charge in [-0.05, 0) is 19.3 Å². The summed E-state index contributed by atoms with van der Waals surface area (Å²) in [4.78, 5) is 10.7. The normalized spacial score (nSPS) is 13.8. The predicted molar refractivity (Wildman–Crippen MR) is 53.7 cm³/mol. The number of carbonyl (C=O) groups is 1. The average molecular weight is 185 g/mol. The molecule has 76 valence electrons. The number of rotatable bonds is 6. The Balaban J connectivity index is 3.88. The molecular weight excluding hydrogens is 166 g/mol. The molecule has 0 aromatic heterocycles. The average Bonchev–Trinajstić information content (AvgIpc) is 2.02. The molecule has 0 heterocycles. The van der Waals surface area contributed by atoms with Gasteiger partial charge < -0.3 is 10.4 Å². The van der Waals surface area contributed by atoms with Gasteiger partial charge in [-0.1, -0.05) is 26.0 Å². The van der Waals surface area contributed by atoms with Gasteiger partial charge in [0.2, 0.25) is 0 Å². The molecule has 0 amide bonds. The smallest absolute Gasteiger partial charge is 0.320 e. The van der Waals surface area contributed by atoms with E-state index in [9.17, 15) is 4.79 Å². The summed E-state index contributed by atoms with van der Waals surface area (Å²) in [6.07, 6.45) is 4.49. The quantitative estimate of drug-likeness (QED) is 0.619. The van der Waals surface area contributed by atoms with Crippen molar-refractivity contribution in [2.75, 3.05) is 6.54 Å². The van der Waals surface area contributed by atoms with Crippen LogP contribution in [0.4, 0.5) is 0 Å². The maximum atomic E-state index is 10.7. The zero-order valence-electron chi connectivity index (χ0n) is 8.58. The van der Waals surface area contributed by atoms with E-state index in [0.717, 1.165) is 0 Å². The maximum absolute atomic E-state index is 10.7. The second-order valence-corrected chi connectivity index (χ2v) is 3.50. The molecular formula is C10H19NO2. The zero-order chi connectivity index (χ0) is 10.3. The lowest BCUT2D eigenvalue weighted by Gasteiger charge is -2.14. The fourth-order valence-corrected chi connectivity index (χ4v) is 1.07. The molecule has 0 aromatic rings. The molecule has 0 aliphatic carbocycles. The summed E-state index contributed by atoms with van der Waals surface area (Å²) >= 11 is 0. The van der Waals surface area contributed by atoms with E-state index in [1.807, 2.05) is 32.9 Å². The Hall–Kier alpha value is -0.830. The number of carboxylic acid groups (broad SMARTS) is 1. The van der Waals surface area contributed by atoms with Crippen LogP contribution < -0.4 is 5.32 Å². The highest BCUT2D eigenvalue weighted by molar-refractivity contribution is 5.73. The van der Waals surface area contributed by atoms with Crippen LogP contribution in [0.2, 0.25) is 0 Å². The molecule has 3 heteroatoms. The highest BCUT2D eigenvalue weighted by atomic mass is 16.4. The molecule has 0 aliphatic rings. The third-order valence-electron chi connectivity index (χ3n) is 1.72. The van der Waals surface area contributed by atoms with E-state index in [1.54, 1.807) is 0 Å². The summed E-state index contributed by atoms with van der Waals surface area (Å²) in [6.45, 7) is 6.58. The maximum Gasteiger partial charge on any atom is 0.320 e. The van der Waals surface area contributed by atoms with Crippen LogP contribution in [0, 0.1) is 5.92 Å². The van der Waals surface area contributed by atoms with Crippen molar-refractivity contribution in [3.8, 4) is 0 Å². The first-order valence-corrected chi connectivity index (χ1v) is 4.65. The summed E-state index contributed by atoms with van der Waals surface area (Å²) in [7, 11) is 0. The molecule has 13 heavy (non-hydrogen) atoms. The standard InChI is InChI=1S/C10H19NO2/c1-4-5-6-11-9(10(12)13)7-8(2)3/h4-5,8-9,11H,6-7H2,1-3H3,(H,12,13). The molecule has 0 radical (unpaired) electrons. The van der Waals surface area contributed by atoms with Crippen molar-refractivity contribution >= 4 is 5.97 Å². The van der Waals surface area contributed by atoms with Gasteiger partial charge >= 0.3 is 5.97 Å². The molecule has 0 saturated heterocycles. The highest BCUT2D eigenvalue weighted by Crippen LogP contribution is 2.04. The third kappa shape index (κ3) is 6.34. The van der Waals surface area contributed by atoms with Crippen molar-refractivity contribution in [3.63, 3.8) is 0 Å².